The first-order valence-corrected chi connectivity index (χ1v) is 5.42. The van der Waals surface area contributed by atoms with Crippen LogP contribution in [0.3, 0.4) is 0 Å². The summed E-state index contributed by atoms with van der Waals surface area (Å²) in [6, 6.07) is 8.45. The molecule has 0 saturated carbocycles. The Morgan fingerprint density at radius 1 is 1.10 bits per heavy atom. The molecule has 7 heteroatoms. The van der Waals surface area contributed by atoms with Gasteiger partial charge in [0.15, 0.2) is 5.69 Å². The first-order chi connectivity index (χ1) is 9.38. The summed E-state index contributed by atoms with van der Waals surface area (Å²) < 4.78 is 43.3. The van der Waals surface area contributed by atoms with Crippen molar-refractivity contribution in [2.75, 3.05) is 0 Å². The van der Waals surface area contributed by atoms with Crippen molar-refractivity contribution < 1.29 is 27.8 Å². The van der Waals surface area contributed by atoms with Crippen molar-refractivity contribution >= 4 is 5.97 Å². The second kappa shape index (κ2) is 5.20. The number of hydrogen-bond donors (Lipinski definition) is 1. The van der Waals surface area contributed by atoms with E-state index in [0.29, 0.717) is 0 Å². The summed E-state index contributed by atoms with van der Waals surface area (Å²) >= 11 is 0. The van der Waals surface area contributed by atoms with Crippen LogP contribution in [-0.4, -0.2) is 16.1 Å². The number of ether oxygens (including phenoxy) is 1. The van der Waals surface area contributed by atoms with Crippen LogP contribution in [-0.2, 0) is 6.18 Å². The molecule has 0 atom stereocenters. The quantitative estimate of drug-likeness (QED) is 0.935. The molecule has 0 radical (unpaired) electrons. The lowest BCUT2D eigenvalue weighted by molar-refractivity contribution is -0.138. The van der Waals surface area contributed by atoms with Crippen LogP contribution in [0.2, 0.25) is 0 Å². The van der Waals surface area contributed by atoms with Gasteiger partial charge in [0.2, 0.25) is 5.88 Å². The van der Waals surface area contributed by atoms with Gasteiger partial charge in [-0.15, -0.1) is 0 Å². The SMILES string of the molecule is O=C(O)c1cccc(Oc2ccccc2C(F)(F)F)n1. The van der Waals surface area contributed by atoms with Gasteiger partial charge in [-0.05, 0) is 18.2 Å². The molecule has 0 bridgehead atoms. The normalized spacial score (nSPS) is 11.2. The van der Waals surface area contributed by atoms with Gasteiger partial charge >= 0.3 is 12.1 Å². The summed E-state index contributed by atoms with van der Waals surface area (Å²) in [6.07, 6.45) is -4.57. The Kier molecular flexibility index (Phi) is 3.60. The van der Waals surface area contributed by atoms with E-state index in [1.165, 1.54) is 30.3 Å². The summed E-state index contributed by atoms with van der Waals surface area (Å²) in [7, 11) is 0. The molecule has 0 aliphatic carbocycles. The Labute approximate surface area is 111 Å². The molecule has 2 rings (SSSR count). The molecule has 1 aromatic carbocycles. The Bertz CT molecular complexity index is 641. The minimum atomic E-state index is -4.57. The number of carboxylic acids is 1. The highest BCUT2D eigenvalue weighted by Crippen LogP contribution is 2.37. The molecule has 0 aliphatic heterocycles. The first-order valence-electron chi connectivity index (χ1n) is 5.42. The Morgan fingerprint density at radius 3 is 2.45 bits per heavy atom. The monoisotopic (exact) mass is 283 g/mol. The second-order valence-electron chi connectivity index (χ2n) is 3.76. The van der Waals surface area contributed by atoms with Crippen molar-refractivity contribution in [3.05, 3.63) is 53.7 Å². The predicted octanol–water partition coefficient (Wildman–Crippen LogP) is 3.59. The lowest BCUT2D eigenvalue weighted by Crippen LogP contribution is -2.07. The Hall–Kier alpha value is -2.57. The number of hydrogen-bond acceptors (Lipinski definition) is 3. The number of carbonyl (C=O) groups is 1. The lowest BCUT2D eigenvalue weighted by atomic mass is 10.2. The average Bonchev–Trinajstić information content (AvgIpc) is 2.38. The van der Waals surface area contributed by atoms with Gasteiger partial charge in [0.05, 0.1) is 5.56 Å². The largest absolute Gasteiger partial charge is 0.477 e. The fraction of sp³-hybridized carbons (Fsp3) is 0.0769. The molecule has 2 aromatic rings. The van der Waals surface area contributed by atoms with Crippen molar-refractivity contribution in [2.45, 2.75) is 6.18 Å². The van der Waals surface area contributed by atoms with Crippen molar-refractivity contribution in [2.24, 2.45) is 0 Å². The van der Waals surface area contributed by atoms with E-state index in [9.17, 15) is 18.0 Å². The van der Waals surface area contributed by atoms with Crippen molar-refractivity contribution in [1.29, 1.82) is 0 Å². The smallest absolute Gasteiger partial charge is 0.419 e. The molecule has 0 unspecified atom stereocenters. The number of para-hydroxylation sites is 1. The zero-order chi connectivity index (χ0) is 14.8. The van der Waals surface area contributed by atoms with E-state index in [1.807, 2.05) is 0 Å². The van der Waals surface area contributed by atoms with Gasteiger partial charge in [0.1, 0.15) is 5.75 Å². The first kappa shape index (κ1) is 13.9. The van der Waals surface area contributed by atoms with Gasteiger partial charge in [-0.3, -0.25) is 0 Å². The van der Waals surface area contributed by atoms with Gasteiger partial charge in [-0.25, -0.2) is 9.78 Å². The number of alkyl halides is 3. The zero-order valence-electron chi connectivity index (χ0n) is 9.89. The maximum absolute atomic E-state index is 12.8. The molecule has 0 saturated heterocycles. The van der Waals surface area contributed by atoms with Crippen LogP contribution >= 0.6 is 0 Å². The van der Waals surface area contributed by atoms with E-state index in [4.69, 9.17) is 9.84 Å². The molecule has 0 aliphatic rings. The van der Waals surface area contributed by atoms with Gasteiger partial charge in [0.25, 0.3) is 0 Å². The number of nitrogens with zero attached hydrogens (tertiary/aromatic N) is 1. The number of pyridine rings is 1. The van der Waals surface area contributed by atoms with Crippen LogP contribution in [0, 0.1) is 0 Å². The van der Waals surface area contributed by atoms with Crippen molar-refractivity contribution in [3.63, 3.8) is 0 Å². The molecule has 20 heavy (non-hydrogen) atoms. The van der Waals surface area contributed by atoms with Gasteiger partial charge in [-0.2, -0.15) is 13.2 Å². The molecular formula is C13H8F3NO3. The fourth-order valence-corrected chi connectivity index (χ4v) is 1.49. The number of halogens is 3. The molecule has 1 N–H and O–H groups in total. The maximum atomic E-state index is 12.8. The highest BCUT2D eigenvalue weighted by molar-refractivity contribution is 5.85. The van der Waals surface area contributed by atoms with E-state index in [-0.39, 0.29) is 11.6 Å². The van der Waals surface area contributed by atoms with Crippen LogP contribution in [0.4, 0.5) is 13.2 Å². The topological polar surface area (TPSA) is 59.4 Å². The molecule has 0 fully saturated rings. The number of aromatic nitrogens is 1. The standard InChI is InChI=1S/C13H8F3NO3/c14-13(15,16)8-4-1-2-6-10(8)20-11-7-3-5-9(17-11)12(18)19/h1-7H,(H,18,19). The third-order valence-electron chi connectivity index (χ3n) is 2.35. The van der Waals surface area contributed by atoms with Crippen LogP contribution in [0.25, 0.3) is 0 Å². The van der Waals surface area contributed by atoms with Gasteiger partial charge in [0, 0.05) is 6.07 Å². The Morgan fingerprint density at radius 2 is 1.80 bits per heavy atom. The fourth-order valence-electron chi connectivity index (χ4n) is 1.49. The van der Waals surface area contributed by atoms with Crippen LogP contribution in [0.1, 0.15) is 16.1 Å². The van der Waals surface area contributed by atoms with Crippen molar-refractivity contribution in [3.8, 4) is 11.6 Å². The lowest BCUT2D eigenvalue weighted by Gasteiger charge is -2.12. The average molecular weight is 283 g/mol. The maximum Gasteiger partial charge on any atom is 0.419 e. The highest BCUT2D eigenvalue weighted by atomic mass is 19.4. The Balaban J connectivity index is 2.36. The molecule has 1 heterocycles. The van der Waals surface area contributed by atoms with E-state index in [1.54, 1.807) is 0 Å². The number of benzene rings is 1. The number of aromatic carboxylic acids is 1. The van der Waals surface area contributed by atoms with Gasteiger partial charge in [-0.1, -0.05) is 18.2 Å². The summed E-state index contributed by atoms with van der Waals surface area (Å²) in [5, 5.41) is 8.76. The minimum absolute atomic E-state index is 0.221. The molecule has 104 valence electrons. The van der Waals surface area contributed by atoms with E-state index in [0.717, 1.165) is 12.1 Å². The summed E-state index contributed by atoms with van der Waals surface area (Å²) in [6.45, 7) is 0. The number of rotatable bonds is 3. The molecule has 0 amide bonds. The van der Waals surface area contributed by atoms with Gasteiger partial charge < -0.3 is 9.84 Å². The van der Waals surface area contributed by atoms with Crippen LogP contribution < -0.4 is 4.74 Å². The van der Waals surface area contributed by atoms with Crippen LogP contribution in [0.15, 0.2) is 42.5 Å². The summed E-state index contributed by atoms with van der Waals surface area (Å²) in [5.74, 6) is -1.95. The molecule has 0 spiro atoms. The molecule has 1 aromatic heterocycles. The van der Waals surface area contributed by atoms with Crippen molar-refractivity contribution in [1.82, 2.24) is 4.98 Å². The molecule has 4 nitrogen and oxygen atoms in total. The van der Waals surface area contributed by atoms with Crippen LogP contribution in [0.5, 0.6) is 11.6 Å². The molecular weight excluding hydrogens is 275 g/mol. The predicted molar refractivity (Wildman–Crippen MR) is 62.7 cm³/mol. The van der Waals surface area contributed by atoms with E-state index < -0.39 is 23.5 Å². The third-order valence-corrected chi connectivity index (χ3v) is 2.35. The second-order valence-corrected chi connectivity index (χ2v) is 3.76. The van der Waals surface area contributed by atoms with E-state index in [2.05, 4.69) is 4.98 Å². The summed E-state index contributed by atoms with van der Waals surface area (Å²) in [4.78, 5) is 14.3. The third kappa shape index (κ3) is 3.05. The zero-order valence-corrected chi connectivity index (χ0v) is 9.89. The summed E-state index contributed by atoms with van der Waals surface area (Å²) in [5.41, 5.74) is -1.27. The van der Waals surface area contributed by atoms with E-state index >= 15 is 0 Å². The minimum Gasteiger partial charge on any atom is -0.477 e. The number of carboxylic acid groups (broad SMARTS) is 1. The highest BCUT2D eigenvalue weighted by Gasteiger charge is 2.34.